The number of phenolic OH excluding ortho intramolecular Hbond substituents is 1. The van der Waals surface area contributed by atoms with Crippen LogP contribution in [-0.2, 0) is 0 Å². The van der Waals surface area contributed by atoms with Gasteiger partial charge in [0.25, 0.3) is 0 Å². The summed E-state index contributed by atoms with van der Waals surface area (Å²) in [5, 5.41) is 25.9. The molecule has 1 aromatic carbocycles. The molecular formula is C8H5NO3. The first kappa shape index (κ1) is 8.08. The van der Waals surface area contributed by atoms with Crippen LogP contribution in [0.1, 0.15) is 15.9 Å². The highest BCUT2D eigenvalue weighted by atomic mass is 16.4. The van der Waals surface area contributed by atoms with E-state index in [0.29, 0.717) is 0 Å². The first-order valence-corrected chi connectivity index (χ1v) is 3.11. The number of carboxylic acid groups (broad SMARTS) is 1. The van der Waals surface area contributed by atoms with Gasteiger partial charge >= 0.3 is 5.97 Å². The van der Waals surface area contributed by atoms with Crippen molar-refractivity contribution in [3.8, 4) is 11.8 Å². The number of carboxylic acids is 1. The molecule has 0 aliphatic carbocycles. The molecule has 0 saturated carbocycles. The molecule has 4 heteroatoms. The Bertz CT molecular complexity index is 365. The van der Waals surface area contributed by atoms with Crippen molar-refractivity contribution in [3.63, 3.8) is 0 Å². The van der Waals surface area contributed by atoms with Gasteiger partial charge in [0, 0.05) is 0 Å². The van der Waals surface area contributed by atoms with Gasteiger partial charge in [-0.25, -0.2) is 4.79 Å². The Kier molecular flexibility index (Phi) is 1.97. The SMILES string of the molecule is N#Cc1cc(O)ccc1C(=O)O. The molecule has 4 nitrogen and oxygen atoms in total. The van der Waals surface area contributed by atoms with Crippen molar-refractivity contribution in [1.29, 1.82) is 5.26 Å². The van der Waals surface area contributed by atoms with Crippen LogP contribution in [-0.4, -0.2) is 16.2 Å². The van der Waals surface area contributed by atoms with Crippen LogP contribution in [0.3, 0.4) is 0 Å². The van der Waals surface area contributed by atoms with Gasteiger partial charge in [-0.05, 0) is 18.2 Å². The van der Waals surface area contributed by atoms with E-state index in [9.17, 15) is 4.79 Å². The van der Waals surface area contributed by atoms with Crippen molar-refractivity contribution >= 4 is 5.97 Å². The molecular weight excluding hydrogens is 158 g/mol. The van der Waals surface area contributed by atoms with Crippen molar-refractivity contribution in [3.05, 3.63) is 29.3 Å². The van der Waals surface area contributed by atoms with Crippen LogP contribution >= 0.6 is 0 Å². The smallest absolute Gasteiger partial charge is 0.337 e. The highest BCUT2D eigenvalue weighted by Gasteiger charge is 2.09. The Morgan fingerprint density at radius 2 is 2.17 bits per heavy atom. The largest absolute Gasteiger partial charge is 0.508 e. The fourth-order valence-electron chi connectivity index (χ4n) is 0.811. The molecule has 0 unspecified atom stereocenters. The van der Waals surface area contributed by atoms with E-state index in [1.807, 2.05) is 0 Å². The normalized spacial score (nSPS) is 8.92. The highest BCUT2D eigenvalue weighted by molar-refractivity contribution is 5.90. The molecule has 1 rings (SSSR count). The number of aromatic hydroxyl groups is 1. The van der Waals surface area contributed by atoms with Gasteiger partial charge in [-0.3, -0.25) is 0 Å². The summed E-state index contributed by atoms with van der Waals surface area (Å²) in [6.45, 7) is 0. The summed E-state index contributed by atoms with van der Waals surface area (Å²) in [7, 11) is 0. The third kappa shape index (κ3) is 1.35. The lowest BCUT2D eigenvalue weighted by Crippen LogP contribution is -1.99. The van der Waals surface area contributed by atoms with Gasteiger partial charge in [0.05, 0.1) is 11.1 Å². The van der Waals surface area contributed by atoms with E-state index in [1.54, 1.807) is 6.07 Å². The van der Waals surface area contributed by atoms with Gasteiger partial charge in [0.2, 0.25) is 0 Å². The summed E-state index contributed by atoms with van der Waals surface area (Å²) in [5.41, 5.74) is -0.141. The molecule has 0 radical (unpaired) electrons. The molecule has 0 aromatic heterocycles. The number of rotatable bonds is 1. The summed E-state index contributed by atoms with van der Waals surface area (Å²) in [6.07, 6.45) is 0. The zero-order valence-electron chi connectivity index (χ0n) is 5.98. The topological polar surface area (TPSA) is 81.3 Å². The maximum Gasteiger partial charge on any atom is 0.337 e. The minimum absolute atomic E-state index is 0.0394. The Morgan fingerprint density at radius 1 is 1.50 bits per heavy atom. The second kappa shape index (κ2) is 2.93. The van der Waals surface area contributed by atoms with Crippen LogP contribution in [0.25, 0.3) is 0 Å². The van der Waals surface area contributed by atoms with Gasteiger partial charge in [-0.2, -0.15) is 5.26 Å². The standard InChI is InChI=1S/C8H5NO3/c9-4-5-3-6(10)1-2-7(5)8(11)12/h1-3,10H,(H,11,12). The summed E-state index contributed by atoms with van der Waals surface area (Å²) < 4.78 is 0. The monoisotopic (exact) mass is 163 g/mol. The predicted octanol–water partition coefficient (Wildman–Crippen LogP) is 0.962. The number of nitrogens with zero attached hydrogens (tertiary/aromatic N) is 1. The number of benzene rings is 1. The molecule has 12 heavy (non-hydrogen) atoms. The molecule has 0 aliphatic heterocycles. The summed E-state index contributed by atoms with van der Waals surface area (Å²) in [4.78, 5) is 10.5. The number of aromatic carboxylic acids is 1. The van der Waals surface area contributed by atoms with E-state index in [-0.39, 0.29) is 16.9 Å². The van der Waals surface area contributed by atoms with Gasteiger partial charge in [-0.15, -0.1) is 0 Å². The van der Waals surface area contributed by atoms with Gasteiger partial charge in [-0.1, -0.05) is 0 Å². The Labute approximate surface area is 68.3 Å². The fourth-order valence-corrected chi connectivity index (χ4v) is 0.811. The van der Waals surface area contributed by atoms with Crippen LogP contribution in [0.4, 0.5) is 0 Å². The van der Waals surface area contributed by atoms with Crippen molar-refractivity contribution in [1.82, 2.24) is 0 Å². The van der Waals surface area contributed by atoms with Crippen LogP contribution < -0.4 is 0 Å². The van der Waals surface area contributed by atoms with Crippen LogP contribution in [0, 0.1) is 11.3 Å². The van der Waals surface area contributed by atoms with E-state index < -0.39 is 5.97 Å². The lowest BCUT2D eigenvalue weighted by Gasteiger charge is -1.97. The van der Waals surface area contributed by atoms with Crippen LogP contribution in [0.2, 0.25) is 0 Å². The molecule has 1 aromatic rings. The van der Waals surface area contributed by atoms with Crippen molar-refractivity contribution in [2.24, 2.45) is 0 Å². The first-order chi connectivity index (χ1) is 5.65. The third-order valence-corrected chi connectivity index (χ3v) is 1.35. The Balaban J connectivity index is 3.32. The quantitative estimate of drug-likeness (QED) is 0.646. The summed E-state index contributed by atoms with van der Waals surface area (Å²) >= 11 is 0. The zero-order chi connectivity index (χ0) is 9.14. The lowest BCUT2D eigenvalue weighted by molar-refractivity contribution is 0.0696. The van der Waals surface area contributed by atoms with Crippen molar-refractivity contribution in [2.45, 2.75) is 0 Å². The number of hydrogen-bond acceptors (Lipinski definition) is 3. The molecule has 0 bridgehead atoms. The van der Waals surface area contributed by atoms with Gasteiger partial charge < -0.3 is 10.2 Å². The maximum atomic E-state index is 10.5. The first-order valence-electron chi connectivity index (χ1n) is 3.11. The molecule has 0 atom stereocenters. The molecule has 0 amide bonds. The maximum absolute atomic E-state index is 10.5. The number of carbonyl (C=O) groups is 1. The molecule has 0 fully saturated rings. The lowest BCUT2D eigenvalue weighted by atomic mass is 10.1. The van der Waals surface area contributed by atoms with E-state index in [1.165, 1.54) is 12.1 Å². The molecule has 0 aliphatic rings. The van der Waals surface area contributed by atoms with E-state index in [0.717, 1.165) is 6.07 Å². The summed E-state index contributed by atoms with van der Waals surface area (Å²) in [5.74, 6) is -1.29. The molecule has 2 N–H and O–H groups in total. The van der Waals surface area contributed by atoms with Gasteiger partial charge in [0.1, 0.15) is 11.8 Å². The Hall–Kier alpha value is -2.02. The molecule has 0 heterocycles. The van der Waals surface area contributed by atoms with Crippen molar-refractivity contribution in [2.75, 3.05) is 0 Å². The second-order valence-corrected chi connectivity index (χ2v) is 2.15. The van der Waals surface area contributed by atoms with Crippen molar-refractivity contribution < 1.29 is 15.0 Å². The average molecular weight is 163 g/mol. The molecule has 0 spiro atoms. The van der Waals surface area contributed by atoms with Crippen LogP contribution in [0.15, 0.2) is 18.2 Å². The predicted molar refractivity (Wildman–Crippen MR) is 39.8 cm³/mol. The second-order valence-electron chi connectivity index (χ2n) is 2.15. The van der Waals surface area contributed by atoms with Crippen LogP contribution in [0.5, 0.6) is 5.75 Å². The minimum Gasteiger partial charge on any atom is -0.508 e. The minimum atomic E-state index is -1.17. The number of nitriles is 1. The zero-order valence-corrected chi connectivity index (χ0v) is 5.98. The van der Waals surface area contributed by atoms with E-state index >= 15 is 0 Å². The third-order valence-electron chi connectivity index (χ3n) is 1.35. The average Bonchev–Trinajstić information content (AvgIpc) is 2.03. The number of hydrogen-bond donors (Lipinski definition) is 2. The molecule has 0 saturated heterocycles. The fraction of sp³-hybridized carbons (Fsp3) is 0. The molecule has 60 valence electrons. The summed E-state index contributed by atoms with van der Waals surface area (Å²) in [6, 6.07) is 5.21. The van der Waals surface area contributed by atoms with Gasteiger partial charge in [0.15, 0.2) is 0 Å². The van der Waals surface area contributed by atoms with E-state index in [4.69, 9.17) is 15.5 Å². The Morgan fingerprint density at radius 3 is 2.67 bits per heavy atom. The van der Waals surface area contributed by atoms with E-state index in [2.05, 4.69) is 0 Å². The highest BCUT2D eigenvalue weighted by Crippen LogP contribution is 2.15. The number of phenols is 1.